The van der Waals surface area contributed by atoms with Gasteiger partial charge < -0.3 is 5.32 Å². The van der Waals surface area contributed by atoms with Crippen molar-refractivity contribution in [3.63, 3.8) is 0 Å². The molecule has 0 bridgehead atoms. The van der Waals surface area contributed by atoms with Crippen molar-refractivity contribution in [2.24, 2.45) is 0 Å². The molecule has 0 unspecified atom stereocenters. The third kappa shape index (κ3) is 2.20. The van der Waals surface area contributed by atoms with Crippen molar-refractivity contribution >= 4 is 11.6 Å². The summed E-state index contributed by atoms with van der Waals surface area (Å²) in [6.45, 7) is 1.10. The van der Waals surface area contributed by atoms with Crippen LogP contribution in [-0.4, -0.2) is 11.5 Å². The van der Waals surface area contributed by atoms with Crippen LogP contribution >= 0.6 is 11.6 Å². The normalized spacial score (nSPS) is 23.0. The molecule has 1 aromatic rings. The van der Waals surface area contributed by atoms with Crippen molar-refractivity contribution in [1.82, 2.24) is 10.3 Å². The number of halogens is 1. The first-order valence-corrected chi connectivity index (χ1v) is 5.09. The lowest BCUT2D eigenvalue weighted by molar-refractivity contribution is 0.405. The summed E-state index contributed by atoms with van der Waals surface area (Å²) >= 11 is 5.90. The Morgan fingerprint density at radius 2 is 2.38 bits per heavy atom. The van der Waals surface area contributed by atoms with Crippen LogP contribution in [0.1, 0.15) is 31.0 Å². The van der Waals surface area contributed by atoms with Crippen LogP contribution in [0.2, 0.25) is 5.02 Å². The fraction of sp³-hybridized carbons (Fsp3) is 0.500. The maximum atomic E-state index is 5.90. The zero-order valence-electron chi connectivity index (χ0n) is 7.46. The lowest BCUT2D eigenvalue weighted by atomic mass is 10.0. The highest BCUT2D eigenvalue weighted by molar-refractivity contribution is 6.30. The number of rotatable bonds is 1. The SMILES string of the molecule is Clc1ccnc([C@@H]2CCCCN2)c1. The molecule has 1 aliphatic rings. The number of hydrogen-bond acceptors (Lipinski definition) is 2. The third-order valence-corrected chi connectivity index (χ3v) is 2.65. The molecule has 0 saturated carbocycles. The standard InChI is InChI=1S/C10H13ClN2/c11-8-4-6-13-10(7-8)9-3-1-2-5-12-9/h4,6-7,9,12H,1-3,5H2/t9-/m0/s1. The molecular weight excluding hydrogens is 184 g/mol. The number of pyridine rings is 1. The molecule has 1 atom stereocenters. The minimum Gasteiger partial charge on any atom is -0.309 e. The number of piperidine rings is 1. The van der Waals surface area contributed by atoms with E-state index in [0.717, 1.165) is 17.3 Å². The highest BCUT2D eigenvalue weighted by Crippen LogP contribution is 2.22. The molecule has 2 heterocycles. The van der Waals surface area contributed by atoms with Gasteiger partial charge in [-0.15, -0.1) is 0 Å². The smallest absolute Gasteiger partial charge is 0.0587 e. The summed E-state index contributed by atoms with van der Waals surface area (Å²) < 4.78 is 0. The first-order chi connectivity index (χ1) is 6.36. The van der Waals surface area contributed by atoms with E-state index in [-0.39, 0.29) is 0 Å². The zero-order valence-corrected chi connectivity index (χ0v) is 8.22. The van der Waals surface area contributed by atoms with Crippen LogP contribution in [0, 0.1) is 0 Å². The molecule has 3 heteroatoms. The van der Waals surface area contributed by atoms with E-state index in [4.69, 9.17) is 11.6 Å². The minimum absolute atomic E-state index is 0.410. The van der Waals surface area contributed by atoms with Crippen LogP contribution in [0.3, 0.4) is 0 Å². The van der Waals surface area contributed by atoms with Crippen molar-refractivity contribution in [3.05, 3.63) is 29.0 Å². The molecule has 1 aliphatic heterocycles. The van der Waals surface area contributed by atoms with E-state index in [2.05, 4.69) is 10.3 Å². The fourth-order valence-electron chi connectivity index (χ4n) is 1.72. The molecular formula is C10H13ClN2. The monoisotopic (exact) mass is 196 g/mol. The summed E-state index contributed by atoms with van der Waals surface area (Å²) in [4.78, 5) is 4.32. The van der Waals surface area contributed by atoms with Gasteiger partial charge in [-0.3, -0.25) is 4.98 Å². The maximum absolute atomic E-state index is 5.90. The number of nitrogens with one attached hydrogen (secondary N) is 1. The quantitative estimate of drug-likeness (QED) is 0.747. The van der Waals surface area contributed by atoms with E-state index in [0.29, 0.717) is 6.04 Å². The number of nitrogens with zero attached hydrogens (tertiary/aromatic N) is 1. The van der Waals surface area contributed by atoms with Gasteiger partial charge in [0.15, 0.2) is 0 Å². The van der Waals surface area contributed by atoms with Crippen molar-refractivity contribution in [2.45, 2.75) is 25.3 Å². The Bertz CT molecular complexity index is 282. The van der Waals surface area contributed by atoms with Crippen molar-refractivity contribution in [1.29, 1.82) is 0 Å². The second-order valence-corrected chi connectivity index (χ2v) is 3.84. The van der Waals surface area contributed by atoms with Crippen molar-refractivity contribution in [3.8, 4) is 0 Å². The summed E-state index contributed by atoms with van der Waals surface area (Å²) in [6.07, 6.45) is 5.50. The maximum Gasteiger partial charge on any atom is 0.0587 e. The molecule has 0 aliphatic carbocycles. The van der Waals surface area contributed by atoms with E-state index < -0.39 is 0 Å². The van der Waals surface area contributed by atoms with Gasteiger partial charge in [-0.05, 0) is 31.5 Å². The van der Waals surface area contributed by atoms with E-state index in [1.54, 1.807) is 6.20 Å². The lowest BCUT2D eigenvalue weighted by Gasteiger charge is -2.22. The summed E-state index contributed by atoms with van der Waals surface area (Å²) in [5, 5.41) is 4.22. The molecule has 0 aromatic carbocycles. The first-order valence-electron chi connectivity index (χ1n) is 4.71. The molecule has 1 N–H and O–H groups in total. The Morgan fingerprint density at radius 1 is 1.46 bits per heavy atom. The molecule has 1 fully saturated rings. The van der Waals surface area contributed by atoms with Gasteiger partial charge >= 0.3 is 0 Å². The zero-order chi connectivity index (χ0) is 9.10. The van der Waals surface area contributed by atoms with Gasteiger partial charge in [0.1, 0.15) is 0 Å². The Balaban J connectivity index is 2.14. The number of aromatic nitrogens is 1. The van der Waals surface area contributed by atoms with E-state index in [1.165, 1.54) is 19.3 Å². The molecule has 2 nitrogen and oxygen atoms in total. The van der Waals surface area contributed by atoms with Gasteiger partial charge in [0.05, 0.1) is 5.69 Å². The van der Waals surface area contributed by atoms with E-state index in [1.807, 2.05) is 12.1 Å². The van der Waals surface area contributed by atoms with Crippen LogP contribution in [-0.2, 0) is 0 Å². The molecule has 1 saturated heterocycles. The molecule has 0 amide bonds. The summed E-state index contributed by atoms with van der Waals surface area (Å²) in [5.74, 6) is 0. The average Bonchev–Trinajstić information content (AvgIpc) is 2.19. The molecule has 2 rings (SSSR count). The summed E-state index contributed by atoms with van der Waals surface area (Å²) in [7, 11) is 0. The van der Waals surface area contributed by atoms with E-state index in [9.17, 15) is 0 Å². The molecule has 0 radical (unpaired) electrons. The van der Waals surface area contributed by atoms with Gasteiger partial charge in [-0.2, -0.15) is 0 Å². The van der Waals surface area contributed by atoms with Crippen LogP contribution < -0.4 is 5.32 Å². The third-order valence-electron chi connectivity index (χ3n) is 2.41. The van der Waals surface area contributed by atoms with Crippen molar-refractivity contribution in [2.75, 3.05) is 6.54 Å². The lowest BCUT2D eigenvalue weighted by Crippen LogP contribution is -2.27. The topological polar surface area (TPSA) is 24.9 Å². The second kappa shape index (κ2) is 4.07. The highest BCUT2D eigenvalue weighted by Gasteiger charge is 2.15. The predicted octanol–water partition coefficient (Wildman–Crippen LogP) is 2.55. The van der Waals surface area contributed by atoms with Crippen LogP contribution in [0.4, 0.5) is 0 Å². The van der Waals surface area contributed by atoms with Crippen LogP contribution in [0.15, 0.2) is 18.3 Å². The van der Waals surface area contributed by atoms with Gasteiger partial charge in [0.2, 0.25) is 0 Å². The van der Waals surface area contributed by atoms with Gasteiger partial charge in [-0.25, -0.2) is 0 Å². The molecule has 70 valence electrons. The molecule has 13 heavy (non-hydrogen) atoms. The van der Waals surface area contributed by atoms with E-state index >= 15 is 0 Å². The van der Waals surface area contributed by atoms with Crippen LogP contribution in [0.25, 0.3) is 0 Å². The Labute approximate surface area is 83.3 Å². The Kier molecular flexibility index (Phi) is 2.81. The van der Waals surface area contributed by atoms with Crippen LogP contribution in [0.5, 0.6) is 0 Å². The predicted molar refractivity (Wildman–Crippen MR) is 53.8 cm³/mol. The minimum atomic E-state index is 0.410. The summed E-state index contributed by atoms with van der Waals surface area (Å²) in [6, 6.07) is 4.17. The average molecular weight is 197 g/mol. The van der Waals surface area contributed by atoms with Gasteiger partial charge in [0.25, 0.3) is 0 Å². The Hall–Kier alpha value is -0.600. The first kappa shape index (κ1) is 8.97. The number of hydrogen-bond donors (Lipinski definition) is 1. The molecule has 1 aromatic heterocycles. The largest absolute Gasteiger partial charge is 0.309 e. The Morgan fingerprint density at radius 3 is 3.08 bits per heavy atom. The fourth-order valence-corrected chi connectivity index (χ4v) is 1.88. The second-order valence-electron chi connectivity index (χ2n) is 3.40. The highest BCUT2D eigenvalue weighted by atomic mass is 35.5. The van der Waals surface area contributed by atoms with Gasteiger partial charge in [0, 0.05) is 17.3 Å². The van der Waals surface area contributed by atoms with Gasteiger partial charge in [-0.1, -0.05) is 18.0 Å². The molecule has 0 spiro atoms. The summed E-state index contributed by atoms with van der Waals surface area (Å²) in [5.41, 5.74) is 1.08. The van der Waals surface area contributed by atoms with Crippen molar-refractivity contribution < 1.29 is 0 Å².